The van der Waals surface area contributed by atoms with Crippen molar-refractivity contribution in [1.82, 2.24) is 9.38 Å². The summed E-state index contributed by atoms with van der Waals surface area (Å²) in [6, 6.07) is 4.19. The van der Waals surface area contributed by atoms with Gasteiger partial charge in [-0.3, -0.25) is 4.99 Å². The molecular weight excluding hydrogens is 254 g/mol. The number of hydrogen-bond donors (Lipinski definition) is 2. The van der Waals surface area contributed by atoms with E-state index in [1.807, 2.05) is 16.7 Å². The summed E-state index contributed by atoms with van der Waals surface area (Å²) in [5.41, 5.74) is 3.53. The summed E-state index contributed by atoms with van der Waals surface area (Å²) >= 11 is 0. The average Bonchev–Trinajstić information content (AvgIpc) is 3.23. The molecule has 2 aromatic rings. The van der Waals surface area contributed by atoms with E-state index in [9.17, 15) is 0 Å². The lowest BCUT2D eigenvalue weighted by Gasteiger charge is -1.98. The van der Waals surface area contributed by atoms with Crippen molar-refractivity contribution in [2.24, 2.45) is 15.9 Å². The first-order valence-corrected chi connectivity index (χ1v) is 6.65. The zero-order valence-electron chi connectivity index (χ0n) is 11.1. The molecule has 0 aliphatic heterocycles. The molecule has 6 nitrogen and oxygen atoms in total. The van der Waals surface area contributed by atoms with Gasteiger partial charge in [0.05, 0.1) is 18.8 Å². The number of nitrogens with zero attached hydrogens (tertiary/aromatic N) is 4. The van der Waals surface area contributed by atoms with Gasteiger partial charge in [-0.2, -0.15) is 5.10 Å². The van der Waals surface area contributed by atoms with Crippen molar-refractivity contribution in [3.8, 4) is 0 Å². The van der Waals surface area contributed by atoms with Crippen LogP contribution in [-0.4, -0.2) is 33.0 Å². The summed E-state index contributed by atoms with van der Waals surface area (Å²) in [4.78, 5) is 8.67. The number of imidazole rings is 1. The summed E-state index contributed by atoms with van der Waals surface area (Å²) in [6.07, 6.45) is 8.18. The number of hydrogen-bond acceptors (Lipinski definition) is 5. The van der Waals surface area contributed by atoms with Crippen LogP contribution < -0.4 is 5.84 Å². The van der Waals surface area contributed by atoms with Crippen LogP contribution in [0.4, 0.5) is 0 Å². The van der Waals surface area contributed by atoms with Crippen LogP contribution in [0.3, 0.4) is 0 Å². The normalized spacial score (nSPS) is 16.4. The number of nitrogens with two attached hydrogens (primary N) is 1. The summed E-state index contributed by atoms with van der Waals surface area (Å²) in [5.74, 6) is 5.82. The number of hydrazone groups is 1. The predicted octanol–water partition coefficient (Wildman–Crippen LogP) is 1.09. The molecule has 6 heteroatoms. The van der Waals surface area contributed by atoms with Crippen molar-refractivity contribution in [1.29, 1.82) is 0 Å². The number of rotatable bonds is 5. The second-order valence-electron chi connectivity index (χ2n) is 4.98. The maximum Gasteiger partial charge on any atom is 0.137 e. The minimum Gasteiger partial charge on any atom is -0.390 e. The Labute approximate surface area is 116 Å². The fourth-order valence-electron chi connectivity index (χ4n) is 2.16. The molecule has 0 amide bonds. The molecule has 1 aliphatic carbocycles. The Morgan fingerprint density at radius 1 is 1.45 bits per heavy atom. The van der Waals surface area contributed by atoms with E-state index < -0.39 is 0 Å². The van der Waals surface area contributed by atoms with E-state index in [4.69, 9.17) is 10.9 Å². The highest BCUT2D eigenvalue weighted by Crippen LogP contribution is 2.39. The maximum absolute atomic E-state index is 8.90. The van der Waals surface area contributed by atoms with Crippen molar-refractivity contribution < 1.29 is 5.11 Å². The minimum atomic E-state index is -0.212. The molecule has 0 atom stereocenters. The number of aliphatic hydroxyl groups excluding tert-OH is 1. The molecular formula is C14H17N5O. The van der Waals surface area contributed by atoms with Crippen LogP contribution in [0.2, 0.25) is 0 Å². The molecule has 104 valence electrons. The van der Waals surface area contributed by atoms with E-state index in [2.05, 4.69) is 27.3 Å². The zero-order valence-corrected chi connectivity index (χ0v) is 11.1. The smallest absolute Gasteiger partial charge is 0.137 e. The van der Waals surface area contributed by atoms with E-state index in [-0.39, 0.29) is 6.61 Å². The molecule has 0 radical (unpaired) electrons. The molecule has 0 spiro atoms. The zero-order chi connectivity index (χ0) is 13.9. The molecule has 1 saturated carbocycles. The molecule has 0 aromatic carbocycles. The summed E-state index contributed by atoms with van der Waals surface area (Å²) in [5, 5.41) is 12.3. The van der Waals surface area contributed by atoms with Crippen LogP contribution in [0.5, 0.6) is 0 Å². The van der Waals surface area contributed by atoms with Gasteiger partial charge < -0.3 is 15.3 Å². The molecule has 3 N–H and O–H groups in total. The summed E-state index contributed by atoms with van der Waals surface area (Å²) in [7, 11) is 0. The molecule has 0 bridgehead atoms. The van der Waals surface area contributed by atoms with Crippen LogP contribution in [0, 0.1) is 0 Å². The molecule has 1 aliphatic rings. The van der Waals surface area contributed by atoms with Gasteiger partial charge in [0.15, 0.2) is 0 Å². The van der Waals surface area contributed by atoms with Gasteiger partial charge in [0.1, 0.15) is 11.4 Å². The van der Waals surface area contributed by atoms with Crippen LogP contribution in [0.25, 0.3) is 5.65 Å². The Hall–Kier alpha value is -2.21. The predicted molar refractivity (Wildman–Crippen MR) is 78.1 cm³/mol. The van der Waals surface area contributed by atoms with Crippen LogP contribution in [0.15, 0.2) is 34.6 Å². The van der Waals surface area contributed by atoms with Gasteiger partial charge in [0, 0.05) is 18.6 Å². The Kier molecular flexibility index (Phi) is 3.47. The molecule has 0 unspecified atom stereocenters. The van der Waals surface area contributed by atoms with Crippen LogP contribution >= 0.6 is 0 Å². The van der Waals surface area contributed by atoms with E-state index in [1.165, 1.54) is 24.6 Å². The summed E-state index contributed by atoms with van der Waals surface area (Å²) < 4.78 is 2.04. The Morgan fingerprint density at radius 2 is 2.30 bits per heavy atom. The van der Waals surface area contributed by atoms with E-state index in [1.54, 1.807) is 0 Å². The van der Waals surface area contributed by atoms with E-state index in [0.29, 0.717) is 12.3 Å². The third kappa shape index (κ3) is 2.70. The average molecular weight is 271 g/mol. The molecule has 2 heterocycles. The number of pyridine rings is 1. The lowest BCUT2D eigenvalue weighted by molar-refractivity contribution is 0.359. The Bertz CT molecular complexity index is 669. The number of aliphatic imine (C=N–C) groups is 1. The van der Waals surface area contributed by atoms with Crippen LogP contribution in [-0.2, 0) is 6.54 Å². The largest absolute Gasteiger partial charge is 0.390 e. The van der Waals surface area contributed by atoms with Crippen molar-refractivity contribution in [2.45, 2.75) is 25.3 Å². The first-order valence-electron chi connectivity index (χ1n) is 6.65. The second-order valence-corrected chi connectivity index (χ2v) is 4.98. The van der Waals surface area contributed by atoms with Crippen molar-refractivity contribution in [3.63, 3.8) is 0 Å². The highest BCUT2D eigenvalue weighted by molar-refractivity contribution is 6.31. The summed E-state index contributed by atoms with van der Waals surface area (Å²) in [6.45, 7) is 0.232. The highest BCUT2D eigenvalue weighted by atomic mass is 16.3. The van der Waals surface area contributed by atoms with Gasteiger partial charge in [-0.15, -0.1) is 0 Å². The molecule has 2 aromatic heterocycles. The number of aromatic nitrogens is 2. The fraction of sp³-hybridized carbons (Fsp3) is 0.357. The quantitative estimate of drug-likeness (QED) is 0.484. The SMILES string of the molecule is N/N=C(\C=NCc1cn2cc(C3CC3)ccc2n1)CO. The maximum atomic E-state index is 8.90. The van der Waals surface area contributed by atoms with Gasteiger partial charge in [-0.1, -0.05) is 6.07 Å². The fourth-order valence-corrected chi connectivity index (χ4v) is 2.16. The number of aliphatic hydroxyl groups is 1. The van der Waals surface area contributed by atoms with Gasteiger partial charge in [-0.05, 0) is 30.4 Å². The van der Waals surface area contributed by atoms with Gasteiger partial charge >= 0.3 is 0 Å². The standard InChI is InChI=1S/C14H17N5O/c15-18-13(9-20)6-16-5-12-8-19-7-11(10-1-2-10)3-4-14(19)17-12/h3-4,6-8,10,20H,1-2,5,9,15H2/b16-6?,18-13+. The molecule has 0 saturated heterocycles. The van der Waals surface area contributed by atoms with E-state index >= 15 is 0 Å². The lowest BCUT2D eigenvalue weighted by Crippen LogP contribution is -2.08. The molecule has 20 heavy (non-hydrogen) atoms. The highest BCUT2D eigenvalue weighted by Gasteiger charge is 2.23. The number of fused-ring (bicyclic) bond motifs is 1. The molecule has 3 rings (SSSR count). The van der Waals surface area contributed by atoms with E-state index in [0.717, 1.165) is 17.3 Å². The van der Waals surface area contributed by atoms with Crippen molar-refractivity contribution in [2.75, 3.05) is 6.61 Å². The first-order chi connectivity index (χ1) is 9.80. The van der Waals surface area contributed by atoms with Gasteiger partial charge in [0.2, 0.25) is 0 Å². The van der Waals surface area contributed by atoms with Crippen molar-refractivity contribution >= 4 is 17.6 Å². The van der Waals surface area contributed by atoms with Crippen molar-refractivity contribution in [3.05, 3.63) is 35.8 Å². The Morgan fingerprint density at radius 3 is 3.00 bits per heavy atom. The monoisotopic (exact) mass is 271 g/mol. The second kappa shape index (κ2) is 5.42. The molecule has 1 fully saturated rings. The van der Waals surface area contributed by atoms with Crippen LogP contribution in [0.1, 0.15) is 30.0 Å². The third-order valence-corrected chi connectivity index (χ3v) is 3.39. The first kappa shape index (κ1) is 12.8. The Balaban J connectivity index is 1.75. The van der Waals surface area contributed by atoms with Gasteiger partial charge in [-0.25, -0.2) is 4.98 Å². The topological polar surface area (TPSA) is 88.3 Å². The minimum absolute atomic E-state index is 0.212. The third-order valence-electron chi connectivity index (χ3n) is 3.39. The van der Waals surface area contributed by atoms with Gasteiger partial charge in [0.25, 0.3) is 0 Å². The lowest BCUT2D eigenvalue weighted by atomic mass is 10.2.